The van der Waals surface area contributed by atoms with E-state index in [0.717, 1.165) is 34.2 Å². The maximum atomic E-state index is 13.0. The van der Waals surface area contributed by atoms with Gasteiger partial charge < -0.3 is 15.0 Å². The number of nitrogens with one attached hydrogen (secondary N) is 2. The molecule has 2 atom stereocenters. The van der Waals surface area contributed by atoms with Gasteiger partial charge in [0.05, 0.1) is 25.2 Å². The standard InChI is InChI=1S/C26H33N3O4S/c1-3-13-29(20-12-14-34(31,32)18-20)17-26(30)28-15-23(19-8-10-21(33-2)11-9-19)24-16-27-25-7-5-4-6-22(24)25/h4-11,16,20,23,27H,3,12-15,17-18H2,1-2H3,(H,28,30). The Labute approximate surface area is 201 Å². The van der Waals surface area contributed by atoms with E-state index in [9.17, 15) is 13.2 Å². The van der Waals surface area contributed by atoms with Gasteiger partial charge in [-0.05, 0) is 48.7 Å². The fraction of sp³-hybridized carbons (Fsp3) is 0.423. The Kier molecular flexibility index (Phi) is 7.58. The number of carbonyl (C=O) groups excluding carboxylic acids is 1. The summed E-state index contributed by atoms with van der Waals surface area (Å²) in [5.74, 6) is 1.00. The molecule has 3 aromatic rings. The van der Waals surface area contributed by atoms with Crippen LogP contribution in [-0.2, 0) is 14.6 Å². The average molecular weight is 484 g/mol. The molecule has 7 nitrogen and oxygen atoms in total. The van der Waals surface area contributed by atoms with Crippen LogP contribution in [0.5, 0.6) is 5.75 Å². The number of hydrogen-bond donors (Lipinski definition) is 2. The third-order valence-electron chi connectivity index (χ3n) is 6.60. The van der Waals surface area contributed by atoms with Gasteiger partial charge in [-0.15, -0.1) is 0 Å². The molecule has 1 aliphatic rings. The normalized spacial score (nSPS) is 18.3. The van der Waals surface area contributed by atoms with Crippen LogP contribution in [0.25, 0.3) is 10.9 Å². The monoisotopic (exact) mass is 483 g/mol. The number of aromatic nitrogens is 1. The molecule has 2 unspecified atom stereocenters. The maximum Gasteiger partial charge on any atom is 0.234 e. The zero-order chi connectivity index (χ0) is 24.1. The van der Waals surface area contributed by atoms with Crippen molar-refractivity contribution in [2.75, 3.05) is 38.2 Å². The minimum Gasteiger partial charge on any atom is -0.497 e. The van der Waals surface area contributed by atoms with Crippen LogP contribution in [0, 0.1) is 0 Å². The first-order chi connectivity index (χ1) is 16.4. The Bertz CT molecular complexity index is 1220. The van der Waals surface area contributed by atoms with Gasteiger partial charge in [0.1, 0.15) is 5.75 Å². The lowest BCUT2D eigenvalue weighted by atomic mass is 9.90. The number of aromatic amines is 1. The Morgan fingerprint density at radius 1 is 1.21 bits per heavy atom. The van der Waals surface area contributed by atoms with E-state index < -0.39 is 9.84 Å². The second kappa shape index (κ2) is 10.6. The van der Waals surface area contributed by atoms with Crippen LogP contribution in [0.1, 0.15) is 36.8 Å². The summed E-state index contributed by atoms with van der Waals surface area (Å²) in [6.45, 7) is 3.40. The largest absolute Gasteiger partial charge is 0.497 e. The molecule has 1 fully saturated rings. The third kappa shape index (κ3) is 5.62. The molecule has 1 saturated heterocycles. The van der Waals surface area contributed by atoms with E-state index in [1.807, 2.05) is 60.5 Å². The van der Waals surface area contributed by atoms with Gasteiger partial charge in [-0.2, -0.15) is 0 Å². The van der Waals surface area contributed by atoms with Crippen LogP contribution in [0.2, 0.25) is 0 Å². The second-order valence-electron chi connectivity index (χ2n) is 8.95. The molecule has 34 heavy (non-hydrogen) atoms. The molecular weight excluding hydrogens is 450 g/mol. The summed E-state index contributed by atoms with van der Waals surface area (Å²) < 4.78 is 29.2. The highest BCUT2D eigenvalue weighted by Crippen LogP contribution is 2.31. The number of rotatable bonds is 10. The fourth-order valence-electron chi connectivity index (χ4n) is 4.82. The number of carbonyl (C=O) groups is 1. The molecule has 0 spiro atoms. The van der Waals surface area contributed by atoms with Crippen molar-refractivity contribution < 1.29 is 17.9 Å². The van der Waals surface area contributed by atoms with Gasteiger partial charge in [0, 0.05) is 35.6 Å². The molecule has 0 radical (unpaired) electrons. The van der Waals surface area contributed by atoms with Gasteiger partial charge in [-0.25, -0.2) is 8.42 Å². The van der Waals surface area contributed by atoms with E-state index in [2.05, 4.69) is 16.4 Å². The molecule has 0 bridgehead atoms. The fourth-order valence-corrected chi connectivity index (χ4v) is 6.59. The first kappa shape index (κ1) is 24.3. The molecule has 1 aromatic heterocycles. The molecule has 0 aliphatic carbocycles. The summed E-state index contributed by atoms with van der Waals surface area (Å²) >= 11 is 0. The summed E-state index contributed by atoms with van der Waals surface area (Å²) in [7, 11) is -1.36. The van der Waals surface area contributed by atoms with E-state index in [1.165, 1.54) is 0 Å². The van der Waals surface area contributed by atoms with Crippen molar-refractivity contribution in [1.82, 2.24) is 15.2 Å². The number of amides is 1. The topological polar surface area (TPSA) is 91.5 Å². The number of sulfone groups is 1. The van der Waals surface area contributed by atoms with E-state index in [0.29, 0.717) is 19.5 Å². The van der Waals surface area contributed by atoms with Crippen molar-refractivity contribution in [2.45, 2.75) is 31.7 Å². The summed E-state index contributed by atoms with van der Waals surface area (Å²) in [6, 6.07) is 16.0. The number of benzene rings is 2. The highest BCUT2D eigenvalue weighted by molar-refractivity contribution is 7.91. The van der Waals surface area contributed by atoms with Crippen LogP contribution in [0.3, 0.4) is 0 Å². The van der Waals surface area contributed by atoms with Crippen LogP contribution >= 0.6 is 0 Å². The van der Waals surface area contributed by atoms with Crippen LogP contribution in [-0.4, -0.2) is 68.5 Å². The van der Waals surface area contributed by atoms with Gasteiger partial charge in [0.2, 0.25) is 5.91 Å². The van der Waals surface area contributed by atoms with Gasteiger partial charge in [-0.3, -0.25) is 9.69 Å². The molecule has 182 valence electrons. The maximum absolute atomic E-state index is 13.0. The lowest BCUT2D eigenvalue weighted by Gasteiger charge is -2.27. The minimum atomic E-state index is -3.00. The molecule has 2 heterocycles. The number of H-pyrrole nitrogens is 1. The lowest BCUT2D eigenvalue weighted by molar-refractivity contribution is -0.122. The number of hydrogen-bond acceptors (Lipinski definition) is 5. The van der Waals surface area contributed by atoms with E-state index >= 15 is 0 Å². The lowest BCUT2D eigenvalue weighted by Crippen LogP contribution is -2.44. The molecule has 1 amide bonds. The van der Waals surface area contributed by atoms with Crippen molar-refractivity contribution in [3.63, 3.8) is 0 Å². The number of ether oxygens (including phenoxy) is 1. The first-order valence-corrected chi connectivity index (χ1v) is 13.6. The zero-order valence-electron chi connectivity index (χ0n) is 19.8. The number of para-hydroxylation sites is 1. The highest BCUT2D eigenvalue weighted by Gasteiger charge is 2.32. The number of methoxy groups -OCH3 is 1. The quantitative estimate of drug-likeness (QED) is 0.462. The van der Waals surface area contributed by atoms with E-state index in [4.69, 9.17) is 4.74 Å². The average Bonchev–Trinajstić information content (AvgIpc) is 3.42. The van der Waals surface area contributed by atoms with Crippen molar-refractivity contribution in [3.05, 3.63) is 65.9 Å². The van der Waals surface area contributed by atoms with Crippen molar-refractivity contribution in [2.24, 2.45) is 0 Å². The zero-order valence-corrected chi connectivity index (χ0v) is 20.6. The molecule has 1 aliphatic heterocycles. The minimum absolute atomic E-state index is 0.0440. The number of fused-ring (bicyclic) bond motifs is 1. The molecule has 2 aromatic carbocycles. The summed E-state index contributed by atoms with van der Waals surface area (Å²) in [5, 5.41) is 4.25. The summed E-state index contributed by atoms with van der Waals surface area (Å²) in [6.07, 6.45) is 3.48. The second-order valence-corrected chi connectivity index (χ2v) is 11.2. The predicted octanol–water partition coefficient (Wildman–Crippen LogP) is 3.32. The molecule has 2 N–H and O–H groups in total. The summed E-state index contributed by atoms with van der Waals surface area (Å²) in [5.41, 5.74) is 3.26. The Hall–Kier alpha value is -2.84. The van der Waals surface area contributed by atoms with Gasteiger partial charge in [0.15, 0.2) is 9.84 Å². The van der Waals surface area contributed by atoms with Crippen LogP contribution in [0.4, 0.5) is 0 Å². The molecular formula is C26H33N3O4S. The Morgan fingerprint density at radius 3 is 2.65 bits per heavy atom. The summed E-state index contributed by atoms with van der Waals surface area (Å²) in [4.78, 5) is 18.3. The Morgan fingerprint density at radius 2 is 1.97 bits per heavy atom. The SMILES string of the molecule is CCCN(CC(=O)NCC(c1ccc(OC)cc1)c1c[nH]c2ccccc12)C1CCS(=O)(=O)C1. The Balaban J connectivity index is 1.51. The van der Waals surface area contributed by atoms with E-state index in [-0.39, 0.29) is 35.9 Å². The predicted molar refractivity (Wildman–Crippen MR) is 135 cm³/mol. The van der Waals surface area contributed by atoms with Gasteiger partial charge in [-0.1, -0.05) is 37.3 Å². The van der Waals surface area contributed by atoms with E-state index in [1.54, 1.807) is 7.11 Å². The van der Waals surface area contributed by atoms with Crippen LogP contribution < -0.4 is 10.1 Å². The third-order valence-corrected chi connectivity index (χ3v) is 8.35. The van der Waals surface area contributed by atoms with Gasteiger partial charge >= 0.3 is 0 Å². The van der Waals surface area contributed by atoms with Gasteiger partial charge in [0.25, 0.3) is 0 Å². The highest BCUT2D eigenvalue weighted by atomic mass is 32.2. The van der Waals surface area contributed by atoms with Crippen molar-refractivity contribution >= 4 is 26.6 Å². The molecule has 0 saturated carbocycles. The first-order valence-electron chi connectivity index (χ1n) is 11.8. The molecule has 8 heteroatoms. The molecule has 4 rings (SSSR count). The smallest absolute Gasteiger partial charge is 0.234 e. The van der Waals surface area contributed by atoms with Crippen molar-refractivity contribution in [1.29, 1.82) is 0 Å². The number of nitrogens with zero attached hydrogens (tertiary/aromatic N) is 1. The van der Waals surface area contributed by atoms with Crippen LogP contribution in [0.15, 0.2) is 54.7 Å². The van der Waals surface area contributed by atoms with Crippen molar-refractivity contribution in [3.8, 4) is 5.75 Å².